The second kappa shape index (κ2) is 4.27. The van der Waals surface area contributed by atoms with Crippen molar-refractivity contribution in [2.45, 2.75) is 13.3 Å². The molecule has 70 valence electrons. The number of carbonyl (C=O) groups excluding carboxylic acids is 1. The van der Waals surface area contributed by atoms with E-state index in [1.807, 2.05) is 0 Å². The molecule has 0 amide bonds. The van der Waals surface area contributed by atoms with E-state index >= 15 is 0 Å². The molecule has 0 radical (unpaired) electrons. The summed E-state index contributed by atoms with van der Waals surface area (Å²) in [6.07, 6.45) is 0.326. The molecular weight excluding hydrogens is 227 g/mol. The summed E-state index contributed by atoms with van der Waals surface area (Å²) in [5.41, 5.74) is 1.32. The van der Waals surface area contributed by atoms with Gasteiger partial charge in [-0.3, -0.25) is 4.79 Å². The standard InChI is InChI=1S/C9H8Cl2OS/c1-5(2)3-7(12)6-4-8(10)13-9(6)11/h4H,1,3H2,2H3. The maximum Gasteiger partial charge on any atom is 0.169 e. The number of ketones is 1. The molecule has 0 spiro atoms. The molecule has 13 heavy (non-hydrogen) atoms. The Balaban J connectivity index is 2.88. The first-order chi connectivity index (χ1) is 6.00. The van der Waals surface area contributed by atoms with Crippen LogP contribution in [0.3, 0.4) is 0 Å². The average Bonchev–Trinajstić information content (AvgIpc) is 2.28. The van der Waals surface area contributed by atoms with E-state index in [0.717, 1.165) is 5.57 Å². The summed E-state index contributed by atoms with van der Waals surface area (Å²) in [5, 5.41) is 0. The van der Waals surface area contributed by atoms with Crippen LogP contribution in [0.25, 0.3) is 0 Å². The molecule has 1 aromatic rings. The molecule has 0 aliphatic rings. The molecule has 0 atom stereocenters. The molecule has 0 aliphatic heterocycles. The van der Waals surface area contributed by atoms with Crippen molar-refractivity contribution >= 4 is 40.3 Å². The fourth-order valence-electron chi connectivity index (χ4n) is 0.900. The van der Waals surface area contributed by atoms with Crippen molar-refractivity contribution in [1.29, 1.82) is 0 Å². The molecular formula is C9H8Cl2OS. The van der Waals surface area contributed by atoms with E-state index in [4.69, 9.17) is 23.2 Å². The Morgan fingerprint density at radius 1 is 1.62 bits per heavy atom. The largest absolute Gasteiger partial charge is 0.294 e. The Morgan fingerprint density at radius 2 is 2.23 bits per heavy atom. The second-order valence-corrected chi connectivity index (χ2v) is 5.08. The summed E-state index contributed by atoms with van der Waals surface area (Å²) in [6, 6.07) is 1.60. The zero-order valence-electron chi connectivity index (χ0n) is 7.06. The van der Waals surface area contributed by atoms with E-state index in [0.29, 0.717) is 20.7 Å². The van der Waals surface area contributed by atoms with Crippen LogP contribution >= 0.6 is 34.5 Å². The SMILES string of the molecule is C=C(C)CC(=O)c1cc(Cl)sc1Cl. The molecule has 4 heteroatoms. The summed E-state index contributed by atoms with van der Waals surface area (Å²) in [7, 11) is 0. The van der Waals surface area contributed by atoms with Gasteiger partial charge < -0.3 is 0 Å². The van der Waals surface area contributed by atoms with Crippen molar-refractivity contribution < 1.29 is 4.79 Å². The van der Waals surface area contributed by atoms with E-state index in [9.17, 15) is 4.79 Å². The molecule has 0 saturated heterocycles. The van der Waals surface area contributed by atoms with Crippen molar-refractivity contribution in [1.82, 2.24) is 0 Å². The minimum atomic E-state index is -0.0272. The third-order valence-electron chi connectivity index (χ3n) is 1.42. The van der Waals surface area contributed by atoms with Crippen LogP contribution in [0.2, 0.25) is 8.67 Å². The smallest absolute Gasteiger partial charge is 0.169 e. The fraction of sp³-hybridized carbons (Fsp3) is 0.222. The molecule has 0 bridgehead atoms. The minimum Gasteiger partial charge on any atom is -0.294 e. The first-order valence-corrected chi connectivity index (χ1v) is 5.20. The van der Waals surface area contributed by atoms with Gasteiger partial charge in [0.15, 0.2) is 5.78 Å². The molecule has 0 unspecified atom stereocenters. The third kappa shape index (κ3) is 2.83. The topological polar surface area (TPSA) is 17.1 Å². The van der Waals surface area contributed by atoms with Gasteiger partial charge >= 0.3 is 0 Å². The summed E-state index contributed by atoms with van der Waals surface area (Å²) in [5.74, 6) is -0.0272. The molecule has 0 aromatic carbocycles. The number of thiophene rings is 1. The van der Waals surface area contributed by atoms with E-state index in [1.165, 1.54) is 11.3 Å². The van der Waals surface area contributed by atoms with Gasteiger partial charge in [0, 0.05) is 12.0 Å². The van der Waals surface area contributed by atoms with Gasteiger partial charge in [0.25, 0.3) is 0 Å². The first-order valence-electron chi connectivity index (χ1n) is 3.63. The third-order valence-corrected chi connectivity index (χ3v) is 2.91. The van der Waals surface area contributed by atoms with Crippen molar-refractivity contribution in [3.05, 3.63) is 32.5 Å². The Hall–Kier alpha value is -0.310. The van der Waals surface area contributed by atoms with Crippen LogP contribution in [-0.2, 0) is 0 Å². The minimum absolute atomic E-state index is 0.0272. The molecule has 1 rings (SSSR count). The predicted octanol–water partition coefficient (Wildman–Crippen LogP) is 4.20. The summed E-state index contributed by atoms with van der Waals surface area (Å²) in [4.78, 5) is 11.5. The quantitative estimate of drug-likeness (QED) is 0.566. The summed E-state index contributed by atoms with van der Waals surface area (Å²) in [6.45, 7) is 5.47. The Labute approximate surface area is 91.0 Å². The zero-order chi connectivity index (χ0) is 10.0. The highest BCUT2D eigenvalue weighted by Gasteiger charge is 2.13. The summed E-state index contributed by atoms with van der Waals surface area (Å²) < 4.78 is 0.992. The van der Waals surface area contributed by atoms with Crippen LogP contribution in [-0.4, -0.2) is 5.78 Å². The van der Waals surface area contributed by atoms with Gasteiger partial charge in [-0.05, 0) is 13.0 Å². The van der Waals surface area contributed by atoms with Crippen LogP contribution in [0.1, 0.15) is 23.7 Å². The highest BCUT2D eigenvalue weighted by Crippen LogP contribution is 2.32. The molecule has 1 aromatic heterocycles. The predicted molar refractivity (Wildman–Crippen MR) is 58.1 cm³/mol. The normalized spacial score (nSPS) is 10.1. The number of hydrogen-bond donors (Lipinski definition) is 0. The van der Waals surface area contributed by atoms with Crippen molar-refractivity contribution in [3.63, 3.8) is 0 Å². The molecule has 0 aliphatic carbocycles. The molecule has 1 nitrogen and oxygen atoms in total. The van der Waals surface area contributed by atoms with Gasteiger partial charge in [0.05, 0.1) is 4.34 Å². The lowest BCUT2D eigenvalue weighted by Crippen LogP contribution is -1.97. The Bertz CT molecular complexity index is 354. The summed E-state index contributed by atoms with van der Waals surface area (Å²) >= 11 is 12.7. The number of Topliss-reactive ketones (excluding diaryl/α,β-unsaturated/α-hetero) is 1. The van der Waals surface area contributed by atoms with E-state index < -0.39 is 0 Å². The number of halogens is 2. The number of rotatable bonds is 3. The lowest BCUT2D eigenvalue weighted by Gasteiger charge is -1.96. The van der Waals surface area contributed by atoms with Gasteiger partial charge in [-0.2, -0.15) is 0 Å². The monoisotopic (exact) mass is 234 g/mol. The lowest BCUT2D eigenvalue weighted by atomic mass is 10.1. The number of hydrogen-bond acceptors (Lipinski definition) is 2. The second-order valence-electron chi connectivity index (χ2n) is 2.79. The van der Waals surface area contributed by atoms with E-state index in [1.54, 1.807) is 13.0 Å². The first kappa shape index (κ1) is 10.8. The molecule has 0 fully saturated rings. The van der Waals surface area contributed by atoms with Crippen LogP contribution < -0.4 is 0 Å². The van der Waals surface area contributed by atoms with E-state index in [2.05, 4.69) is 6.58 Å². The highest BCUT2D eigenvalue weighted by molar-refractivity contribution is 7.20. The van der Waals surface area contributed by atoms with Crippen LogP contribution in [0.5, 0.6) is 0 Å². The number of carbonyl (C=O) groups is 1. The van der Waals surface area contributed by atoms with Crippen LogP contribution in [0.15, 0.2) is 18.2 Å². The van der Waals surface area contributed by atoms with E-state index in [-0.39, 0.29) is 5.78 Å². The molecule has 0 N–H and O–H groups in total. The maximum absolute atomic E-state index is 11.5. The van der Waals surface area contributed by atoms with Crippen molar-refractivity contribution in [2.24, 2.45) is 0 Å². The maximum atomic E-state index is 11.5. The molecule has 0 saturated carbocycles. The van der Waals surface area contributed by atoms with Gasteiger partial charge in [0.1, 0.15) is 4.34 Å². The average molecular weight is 235 g/mol. The van der Waals surface area contributed by atoms with Gasteiger partial charge in [0.2, 0.25) is 0 Å². The number of allylic oxidation sites excluding steroid dienone is 1. The van der Waals surface area contributed by atoms with Crippen molar-refractivity contribution in [2.75, 3.05) is 0 Å². The van der Waals surface area contributed by atoms with Crippen LogP contribution in [0, 0.1) is 0 Å². The zero-order valence-corrected chi connectivity index (χ0v) is 9.39. The fourth-order valence-corrected chi connectivity index (χ4v) is 2.40. The van der Waals surface area contributed by atoms with Crippen molar-refractivity contribution in [3.8, 4) is 0 Å². The lowest BCUT2D eigenvalue weighted by molar-refractivity contribution is 0.0994. The van der Waals surface area contributed by atoms with Gasteiger partial charge in [-0.15, -0.1) is 11.3 Å². The highest BCUT2D eigenvalue weighted by atomic mass is 35.5. The van der Waals surface area contributed by atoms with Crippen LogP contribution in [0.4, 0.5) is 0 Å². The molecule has 1 heterocycles. The van der Waals surface area contributed by atoms with Gasteiger partial charge in [-0.25, -0.2) is 0 Å². The Kier molecular flexibility index (Phi) is 3.54. The van der Waals surface area contributed by atoms with Gasteiger partial charge in [-0.1, -0.05) is 35.4 Å². The Morgan fingerprint density at radius 3 is 2.62 bits per heavy atom.